The molecule has 1 fully saturated rings. The molecule has 3 heterocycles. The zero-order valence-corrected chi connectivity index (χ0v) is 23.4. The van der Waals surface area contributed by atoms with E-state index >= 15 is 0 Å². The van der Waals surface area contributed by atoms with E-state index in [-0.39, 0.29) is 25.6 Å². The Morgan fingerprint density at radius 2 is 1.43 bits per heavy atom. The molecular formula is C33H34N4O5. The highest BCUT2D eigenvalue weighted by molar-refractivity contribution is 5.65. The van der Waals surface area contributed by atoms with Gasteiger partial charge >= 0.3 is 0 Å². The third-order valence-electron chi connectivity index (χ3n) is 7.75. The zero-order chi connectivity index (χ0) is 29.0. The van der Waals surface area contributed by atoms with E-state index in [0.29, 0.717) is 17.8 Å². The molecule has 1 saturated heterocycles. The number of anilines is 1. The van der Waals surface area contributed by atoms with Crippen LogP contribution in [0.15, 0.2) is 109 Å². The molecule has 9 heteroatoms. The third kappa shape index (κ3) is 5.40. The van der Waals surface area contributed by atoms with Gasteiger partial charge in [0.05, 0.1) is 26.4 Å². The molecule has 0 saturated carbocycles. The Kier molecular flexibility index (Phi) is 8.01. The van der Waals surface area contributed by atoms with Crippen LogP contribution in [0.5, 0.6) is 0 Å². The maximum absolute atomic E-state index is 12.6. The summed E-state index contributed by atoms with van der Waals surface area (Å²) in [7, 11) is 0. The molecule has 1 aliphatic rings. The van der Waals surface area contributed by atoms with Gasteiger partial charge < -0.3 is 29.8 Å². The predicted octanol–water partition coefficient (Wildman–Crippen LogP) is 4.63. The standard InChI is InChI=1S/C33H34N4O5/c1-32(41-21-26-15-9-4-10-16-26)30(40-20-25-13-7-3-8-14-25)28(22-39-19-24-11-5-2-6-12-24)42-33(32,38)29-18-17-27-31(34)35-23-36-37(27)29/h2-18,23,28,30,38H,19-22H2,1H3,(H2,34,35,36)/t28-,30-,32-,33?/m1/s1. The highest BCUT2D eigenvalue weighted by atomic mass is 16.7. The molecule has 0 spiro atoms. The number of aromatic nitrogens is 3. The number of rotatable bonds is 11. The lowest BCUT2D eigenvalue weighted by Gasteiger charge is -2.40. The van der Waals surface area contributed by atoms with E-state index in [1.807, 2.05) is 97.9 Å². The lowest BCUT2D eigenvalue weighted by Crippen LogP contribution is -2.55. The lowest BCUT2D eigenvalue weighted by molar-refractivity contribution is -0.294. The van der Waals surface area contributed by atoms with Gasteiger partial charge in [0.2, 0.25) is 5.79 Å². The summed E-state index contributed by atoms with van der Waals surface area (Å²) in [5.74, 6) is -1.71. The normalized spacial score (nSPS) is 23.9. The largest absolute Gasteiger partial charge is 0.382 e. The summed E-state index contributed by atoms with van der Waals surface area (Å²) in [6, 6.07) is 33.0. The van der Waals surface area contributed by atoms with E-state index in [9.17, 15) is 5.11 Å². The number of hydrogen-bond donors (Lipinski definition) is 2. The third-order valence-corrected chi connectivity index (χ3v) is 7.75. The molecule has 6 rings (SSSR count). The molecule has 5 aromatic rings. The Labute approximate surface area is 244 Å². The van der Waals surface area contributed by atoms with E-state index < -0.39 is 23.6 Å². The zero-order valence-electron chi connectivity index (χ0n) is 23.4. The summed E-state index contributed by atoms with van der Waals surface area (Å²) >= 11 is 0. The first-order chi connectivity index (χ1) is 20.5. The van der Waals surface area contributed by atoms with E-state index in [4.69, 9.17) is 24.7 Å². The second kappa shape index (κ2) is 12.0. The molecule has 2 aromatic heterocycles. The van der Waals surface area contributed by atoms with Crippen molar-refractivity contribution in [1.29, 1.82) is 0 Å². The molecule has 0 radical (unpaired) electrons. The molecular weight excluding hydrogens is 532 g/mol. The van der Waals surface area contributed by atoms with Gasteiger partial charge in [-0.3, -0.25) is 0 Å². The van der Waals surface area contributed by atoms with Crippen LogP contribution in [0.4, 0.5) is 5.82 Å². The summed E-state index contributed by atoms with van der Waals surface area (Å²) in [6.45, 7) is 2.85. The van der Waals surface area contributed by atoms with Crippen LogP contribution in [-0.2, 0) is 44.6 Å². The van der Waals surface area contributed by atoms with Crippen LogP contribution in [0, 0.1) is 0 Å². The minimum atomic E-state index is -1.99. The van der Waals surface area contributed by atoms with Crippen molar-refractivity contribution >= 4 is 11.3 Å². The molecule has 0 bridgehead atoms. The average molecular weight is 567 g/mol. The number of nitrogens with zero attached hydrogens (tertiary/aromatic N) is 3. The van der Waals surface area contributed by atoms with Gasteiger partial charge in [-0.2, -0.15) is 5.10 Å². The van der Waals surface area contributed by atoms with Crippen molar-refractivity contribution in [2.24, 2.45) is 0 Å². The van der Waals surface area contributed by atoms with Crippen molar-refractivity contribution in [3.05, 3.63) is 132 Å². The number of fused-ring (bicyclic) bond motifs is 1. The van der Waals surface area contributed by atoms with Crippen LogP contribution in [0.3, 0.4) is 0 Å². The van der Waals surface area contributed by atoms with Crippen molar-refractivity contribution in [3.63, 3.8) is 0 Å². The Morgan fingerprint density at radius 3 is 2.07 bits per heavy atom. The molecule has 1 unspecified atom stereocenters. The number of ether oxygens (including phenoxy) is 4. The monoisotopic (exact) mass is 566 g/mol. The lowest BCUT2D eigenvalue weighted by atomic mass is 9.87. The second-order valence-electron chi connectivity index (χ2n) is 10.6. The Balaban J connectivity index is 1.38. The molecule has 216 valence electrons. The SMILES string of the molecule is C[C@@]1(OCc2ccccc2)[C@H](OCc2ccccc2)[C@@H](COCc2ccccc2)OC1(O)c1ccc2c(N)ncnn12. The van der Waals surface area contributed by atoms with Crippen LogP contribution in [0.25, 0.3) is 5.52 Å². The fourth-order valence-electron chi connectivity index (χ4n) is 5.47. The summed E-state index contributed by atoms with van der Waals surface area (Å²) in [6.07, 6.45) is -0.0734. The Hall–Kier alpha value is -4.12. The summed E-state index contributed by atoms with van der Waals surface area (Å²) in [4.78, 5) is 4.09. The van der Waals surface area contributed by atoms with Crippen molar-refractivity contribution in [1.82, 2.24) is 14.6 Å². The fraction of sp³-hybridized carbons (Fsp3) is 0.273. The average Bonchev–Trinajstić information content (AvgIpc) is 3.55. The van der Waals surface area contributed by atoms with E-state index in [0.717, 1.165) is 16.7 Å². The Bertz CT molecular complexity index is 1600. The number of hydrogen-bond acceptors (Lipinski definition) is 8. The van der Waals surface area contributed by atoms with Gasteiger partial charge in [0, 0.05) is 0 Å². The van der Waals surface area contributed by atoms with Gasteiger partial charge in [-0.1, -0.05) is 91.0 Å². The van der Waals surface area contributed by atoms with Gasteiger partial charge in [-0.25, -0.2) is 9.50 Å². The molecule has 9 nitrogen and oxygen atoms in total. The van der Waals surface area contributed by atoms with Crippen LogP contribution in [0.2, 0.25) is 0 Å². The van der Waals surface area contributed by atoms with Gasteiger partial charge in [0.1, 0.15) is 29.7 Å². The summed E-state index contributed by atoms with van der Waals surface area (Å²) in [5.41, 5.74) is 8.58. The minimum Gasteiger partial charge on any atom is -0.382 e. The topological polar surface area (TPSA) is 113 Å². The highest BCUT2D eigenvalue weighted by Crippen LogP contribution is 2.50. The molecule has 1 aliphatic heterocycles. The highest BCUT2D eigenvalue weighted by Gasteiger charge is 2.67. The van der Waals surface area contributed by atoms with Crippen molar-refractivity contribution in [3.8, 4) is 0 Å². The predicted molar refractivity (Wildman–Crippen MR) is 157 cm³/mol. The molecule has 0 amide bonds. The summed E-state index contributed by atoms with van der Waals surface area (Å²) in [5, 5.41) is 17.0. The van der Waals surface area contributed by atoms with Crippen LogP contribution >= 0.6 is 0 Å². The van der Waals surface area contributed by atoms with Gasteiger partial charge in [-0.15, -0.1) is 0 Å². The maximum Gasteiger partial charge on any atom is 0.243 e. The summed E-state index contributed by atoms with van der Waals surface area (Å²) < 4.78 is 27.4. The first-order valence-corrected chi connectivity index (χ1v) is 13.9. The quantitative estimate of drug-likeness (QED) is 0.238. The van der Waals surface area contributed by atoms with Crippen LogP contribution in [0.1, 0.15) is 29.3 Å². The Morgan fingerprint density at radius 1 is 0.833 bits per heavy atom. The molecule has 42 heavy (non-hydrogen) atoms. The maximum atomic E-state index is 12.6. The van der Waals surface area contributed by atoms with Crippen LogP contribution in [-0.4, -0.2) is 44.1 Å². The van der Waals surface area contributed by atoms with E-state index in [1.54, 1.807) is 12.1 Å². The molecule has 3 N–H and O–H groups in total. The van der Waals surface area contributed by atoms with Gasteiger partial charge in [0.15, 0.2) is 11.4 Å². The van der Waals surface area contributed by atoms with E-state index in [1.165, 1.54) is 10.8 Å². The molecule has 3 aromatic carbocycles. The van der Waals surface area contributed by atoms with Crippen molar-refractivity contribution < 1.29 is 24.1 Å². The fourth-order valence-corrected chi connectivity index (χ4v) is 5.47. The van der Waals surface area contributed by atoms with Gasteiger partial charge in [-0.05, 0) is 35.7 Å². The minimum absolute atomic E-state index is 0.154. The van der Waals surface area contributed by atoms with E-state index in [2.05, 4.69) is 10.1 Å². The second-order valence-corrected chi connectivity index (χ2v) is 10.6. The van der Waals surface area contributed by atoms with Gasteiger partial charge in [0.25, 0.3) is 0 Å². The number of benzene rings is 3. The number of nitrogen functional groups attached to an aromatic ring is 1. The number of nitrogens with two attached hydrogens (primary N) is 1. The number of aliphatic hydroxyl groups is 1. The smallest absolute Gasteiger partial charge is 0.243 e. The van der Waals surface area contributed by atoms with Crippen molar-refractivity contribution in [2.45, 2.75) is 50.3 Å². The first-order valence-electron chi connectivity index (χ1n) is 13.9. The molecule has 4 atom stereocenters. The van der Waals surface area contributed by atoms with Crippen LogP contribution < -0.4 is 5.73 Å². The van der Waals surface area contributed by atoms with Crippen molar-refractivity contribution in [2.75, 3.05) is 12.3 Å². The first kappa shape index (κ1) is 28.0. The molecule has 0 aliphatic carbocycles.